The number of carbonyl (C=O) groups excluding carboxylic acids is 1. The number of pyridine rings is 1. The van der Waals surface area contributed by atoms with Crippen molar-refractivity contribution in [2.75, 3.05) is 6.61 Å². The minimum Gasteiger partial charge on any atom is -0.462 e. The third kappa shape index (κ3) is 1.93. The van der Waals surface area contributed by atoms with Crippen LogP contribution >= 0.6 is 0 Å². The molecule has 2 heterocycles. The van der Waals surface area contributed by atoms with Gasteiger partial charge >= 0.3 is 5.97 Å². The van der Waals surface area contributed by atoms with Gasteiger partial charge in [0.25, 0.3) is 0 Å². The Hall–Kier alpha value is -2.69. The zero-order valence-corrected chi connectivity index (χ0v) is 10.8. The number of ether oxygens (including phenoxy) is 1. The van der Waals surface area contributed by atoms with E-state index in [1.807, 2.05) is 0 Å². The van der Waals surface area contributed by atoms with E-state index in [0.29, 0.717) is 11.0 Å². The maximum Gasteiger partial charge on any atom is 0.339 e. The summed E-state index contributed by atoms with van der Waals surface area (Å²) in [6.07, 6.45) is 1.35. The highest BCUT2D eigenvalue weighted by Crippen LogP contribution is 2.17. The highest BCUT2D eigenvalue weighted by molar-refractivity contribution is 5.95. The number of aromatic nitrogens is 1. The number of carbonyl (C=O) groups is 1. The first-order valence-corrected chi connectivity index (χ1v) is 6.19. The van der Waals surface area contributed by atoms with E-state index >= 15 is 0 Å². The molecule has 3 rings (SSSR count). The van der Waals surface area contributed by atoms with Gasteiger partial charge in [-0.05, 0) is 25.1 Å². The van der Waals surface area contributed by atoms with Gasteiger partial charge in [0.15, 0.2) is 0 Å². The molecule has 0 saturated heterocycles. The number of fused-ring (bicyclic) bond motifs is 2. The van der Waals surface area contributed by atoms with Crippen LogP contribution in [0.25, 0.3) is 22.1 Å². The molecule has 0 aliphatic heterocycles. The van der Waals surface area contributed by atoms with E-state index in [0.717, 1.165) is 0 Å². The lowest BCUT2D eigenvalue weighted by Gasteiger charge is -2.03. The monoisotopic (exact) mass is 269 g/mol. The Morgan fingerprint density at radius 2 is 2.10 bits per heavy atom. The van der Waals surface area contributed by atoms with E-state index in [9.17, 15) is 9.59 Å². The van der Waals surface area contributed by atoms with E-state index in [-0.39, 0.29) is 28.7 Å². The van der Waals surface area contributed by atoms with Crippen molar-refractivity contribution < 1.29 is 13.9 Å². The van der Waals surface area contributed by atoms with Crippen LogP contribution in [0, 0.1) is 0 Å². The van der Waals surface area contributed by atoms with Crippen molar-refractivity contribution in [1.82, 2.24) is 4.98 Å². The molecule has 5 heteroatoms. The molecule has 2 aromatic heterocycles. The lowest BCUT2D eigenvalue weighted by molar-refractivity contribution is 0.0526. The number of para-hydroxylation sites is 1. The van der Waals surface area contributed by atoms with Gasteiger partial charge in [0.1, 0.15) is 5.58 Å². The molecule has 3 aromatic rings. The van der Waals surface area contributed by atoms with Crippen LogP contribution in [0.15, 0.2) is 45.7 Å². The van der Waals surface area contributed by atoms with E-state index in [2.05, 4.69) is 4.98 Å². The molecular weight excluding hydrogens is 258 g/mol. The number of benzene rings is 1. The number of rotatable bonds is 2. The Kier molecular flexibility index (Phi) is 2.95. The summed E-state index contributed by atoms with van der Waals surface area (Å²) in [5.41, 5.74) is 0.713. The highest BCUT2D eigenvalue weighted by atomic mass is 16.5. The van der Waals surface area contributed by atoms with Crippen molar-refractivity contribution in [1.29, 1.82) is 0 Å². The molecule has 0 aliphatic carbocycles. The minimum absolute atomic E-state index is 0.208. The molecule has 0 aliphatic rings. The predicted molar refractivity (Wildman–Crippen MR) is 73.7 cm³/mol. The molecule has 0 bridgehead atoms. The predicted octanol–water partition coefficient (Wildman–Crippen LogP) is 2.52. The molecule has 0 radical (unpaired) electrons. The molecule has 5 nitrogen and oxygen atoms in total. The van der Waals surface area contributed by atoms with E-state index < -0.39 is 5.97 Å². The molecule has 0 unspecified atom stereocenters. The van der Waals surface area contributed by atoms with Crippen molar-refractivity contribution in [3.8, 4) is 0 Å². The van der Waals surface area contributed by atoms with Crippen LogP contribution in [0.5, 0.6) is 0 Å². The molecule has 0 fully saturated rings. The smallest absolute Gasteiger partial charge is 0.339 e. The van der Waals surface area contributed by atoms with Crippen molar-refractivity contribution in [2.24, 2.45) is 0 Å². The second-order valence-electron chi connectivity index (χ2n) is 4.22. The van der Waals surface area contributed by atoms with Gasteiger partial charge in [-0.15, -0.1) is 0 Å². The largest absolute Gasteiger partial charge is 0.462 e. The summed E-state index contributed by atoms with van der Waals surface area (Å²) < 4.78 is 10.5. The van der Waals surface area contributed by atoms with Crippen LogP contribution in [0.3, 0.4) is 0 Å². The normalized spacial score (nSPS) is 10.8. The van der Waals surface area contributed by atoms with Crippen LogP contribution in [0.1, 0.15) is 17.3 Å². The summed E-state index contributed by atoms with van der Waals surface area (Å²) in [5.74, 6) is -0.505. The fourth-order valence-electron chi connectivity index (χ4n) is 2.01. The number of esters is 1. The summed E-state index contributed by atoms with van der Waals surface area (Å²) >= 11 is 0. The summed E-state index contributed by atoms with van der Waals surface area (Å²) in [7, 11) is 0. The van der Waals surface area contributed by atoms with Gasteiger partial charge in [-0.25, -0.2) is 9.78 Å². The van der Waals surface area contributed by atoms with Gasteiger partial charge in [-0.3, -0.25) is 4.79 Å². The van der Waals surface area contributed by atoms with Crippen molar-refractivity contribution in [3.05, 3.63) is 52.3 Å². The second kappa shape index (κ2) is 4.77. The van der Waals surface area contributed by atoms with Gasteiger partial charge in [0, 0.05) is 6.20 Å². The van der Waals surface area contributed by atoms with Crippen LogP contribution in [0.2, 0.25) is 0 Å². The van der Waals surface area contributed by atoms with E-state index in [4.69, 9.17) is 9.15 Å². The fourth-order valence-corrected chi connectivity index (χ4v) is 2.01. The van der Waals surface area contributed by atoms with Crippen LogP contribution in [-0.4, -0.2) is 17.6 Å². The molecule has 1 aromatic carbocycles. The van der Waals surface area contributed by atoms with E-state index in [1.54, 1.807) is 31.2 Å². The van der Waals surface area contributed by atoms with Crippen LogP contribution in [-0.2, 0) is 4.74 Å². The first kappa shape index (κ1) is 12.3. The lowest BCUT2D eigenvalue weighted by atomic mass is 10.1. The lowest BCUT2D eigenvalue weighted by Crippen LogP contribution is -2.08. The first-order valence-electron chi connectivity index (χ1n) is 6.19. The summed E-state index contributed by atoms with van der Waals surface area (Å²) in [5, 5.41) is 0.733. The molecule has 100 valence electrons. The molecule has 0 atom stereocenters. The maximum atomic E-state index is 12.4. The van der Waals surface area contributed by atoms with Crippen molar-refractivity contribution in [2.45, 2.75) is 6.92 Å². The Bertz CT molecular complexity index is 867. The zero-order chi connectivity index (χ0) is 14.1. The Labute approximate surface area is 113 Å². The Morgan fingerprint density at radius 1 is 1.30 bits per heavy atom. The number of hydrogen-bond donors (Lipinski definition) is 0. The van der Waals surface area contributed by atoms with Gasteiger partial charge in [0.05, 0.1) is 22.9 Å². The molecule has 20 heavy (non-hydrogen) atoms. The fraction of sp³-hybridized carbons (Fsp3) is 0.133. The Balaban J connectivity index is 2.28. The SMILES string of the molecule is CCOC(=O)c1cnc2oc3ccccc3c(=O)c2c1. The van der Waals surface area contributed by atoms with Gasteiger partial charge in [0.2, 0.25) is 11.1 Å². The van der Waals surface area contributed by atoms with Crippen LogP contribution in [0.4, 0.5) is 0 Å². The molecule has 0 spiro atoms. The average Bonchev–Trinajstić information content (AvgIpc) is 2.47. The topological polar surface area (TPSA) is 69.4 Å². The molecule has 0 amide bonds. The average molecular weight is 269 g/mol. The molecule has 0 saturated carbocycles. The Morgan fingerprint density at radius 3 is 2.90 bits per heavy atom. The highest BCUT2D eigenvalue weighted by Gasteiger charge is 2.13. The summed E-state index contributed by atoms with van der Waals surface area (Å²) in [6.45, 7) is 1.98. The minimum atomic E-state index is -0.505. The van der Waals surface area contributed by atoms with E-state index in [1.165, 1.54) is 12.3 Å². The first-order chi connectivity index (χ1) is 9.70. The zero-order valence-electron chi connectivity index (χ0n) is 10.8. The third-order valence-corrected chi connectivity index (χ3v) is 2.95. The van der Waals surface area contributed by atoms with Gasteiger partial charge in [-0.2, -0.15) is 0 Å². The van der Waals surface area contributed by atoms with Crippen molar-refractivity contribution in [3.63, 3.8) is 0 Å². The number of nitrogens with zero attached hydrogens (tertiary/aromatic N) is 1. The quantitative estimate of drug-likeness (QED) is 0.528. The summed E-state index contributed by atoms with van der Waals surface area (Å²) in [6, 6.07) is 8.38. The van der Waals surface area contributed by atoms with Gasteiger partial charge in [-0.1, -0.05) is 12.1 Å². The third-order valence-electron chi connectivity index (χ3n) is 2.95. The number of hydrogen-bond acceptors (Lipinski definition) is 5. The molecule has 0 N–H and O–H groups in total. The summed E-state index contributed by atoms with van der Waals surface area (Å²) in [4.78, 5) is 28.1. The maximum absolute atomic E-state index is 12.4. The van der Waals surface area contributed by atoms with Gasteiger partial charge < -0.3 is 9.15 Å². The standard InChI is InChI=1S/C15H11NO4/c1-2-19-15(18)9-7-11-13(17)10-5-3-4-6-12(10)20-14(11)16-8-9/h3-8H,2H2,1H3. The molecular formula is C15H11NO4. The second-order valence-corrected chi connectivity index (χ2v) is 4.22. The van der Waals surface area contributed by atoms with Crippen molar-refractivity contribution >= 4 is 28.0 Å². The van der Waals surface area contributed by atoms with Crippen LogP contribution < -0.4 is 5.43 Å².